The molecule has 0 saturated heterocycles. The number of rotatable bonds is 9. The maximum Gasteiger partial charge on any atom is 0.335 e. The van der Waals surface area contributed by atoms with Crippen molar-refractivity contribution in [3.8, 4) is 5.75 Å². The summed E-state index contributed by atoms with van der Waals surface area (Å²) in [5, 5.41) is 9.08. The largest absolute Gasteiger partial charge is 0.487 e. The Morgan fingerprint density at radius 3 is 2.50 bits per heavy atom. The number of anilines is 1. The molecule has 1 atom stereocenters. The monoisotopic (exact) mass is 484 g/mol. The fourth-order valence-electron chi connectivity index (χ4n) is 3.98. The molecule has 0 amide bonds. The van der Waals surface area contributed by atoms with Gasteiger partial charge in [-0.2, -0.15) is 0 Å². The molecule has 0 aliphatic heterocycles. The number of nitrogens with zero attached hydrogens (tertiary/aromatic N) is 2. The average Bonchev–Trinajstić information content (AvgIpc) is 3.28. The van der Waals surface area contributed by atoms with Crippen LogP contribution in [0.5, 0.6) is 5.75 Å². The van der Waals surface area contributed by atoms with Gasteiger partial charge < -0.3 is 9.84 Å². The van der Waals surface area contributed by atoms with Crippen molar-refractivity contribution in [1.29, 1.82) is 0 Å². The number of pyridine rings is 1. The number of alkyl halides is 1. The van der Waals surface area contributed by atoms with E-state index in [-0.39, 0.29) is 29.3 Å². The van der Waals surface area contributed by atoms with Gasteiger partial charge in [0.05, 0.1) is 17.8 Å². The molecule has 0 saturated carbocycles. The minimum Gasteiger partial charge on any atom is -0.487 e. The maximum atomic E-state index is 14.2. The van der Waals surface area contributed by atoms with Crippen LogP contribution in [0.3, 0.4) is 0 Å². The van der Waals surface area contributed by atoms with Gasteiger partial charge in [0.2, 0.25) is 0 Å². The average molecular weight is 485 g/mol. The molecule has 4 rings (SSSR count). The first-order chi connectivity index (χ1) is 16.3. The van der Waals surface area contributed by atoms with E-state index in [0.29, 0.717) is 5.75 Å². The zero-order chi connectivity index (χ0) is 24.3. The van der Waals surface area contributed by atoms with Crippen LogP contribution in [0.1, 0.15) is 40.4 Å². The molecule has 3 aromatic rings. The minimum atomic E-state index is -4.10. The molecule has 7 nitrogen and oxygen atoms in total. The van der Waals surface area contributed by atoms with Gasteiger partial charge in [0.25, 0.3) is 10.0 Å². The summed E-state index contributed by atoms with van der Waals surface area (Å²) in [6, 6.07) is 12.8. The van der Waals surface area contributed by atoms with Crippen molar-refractivity contribution in [3.05, 3.63) is 83.2 Å². The number of benzene rings is 2. The molecule has 0 radical (unpaired) electrons. The van der Waals surface area contributed by atoms with Crippen molar-refractivity contribution in [2.24, 2.45) is 0 Å². The Morgan fingerprint density at radius 2 is 1.88 bits per heavy atom. The molecule has 34 heavy (non-hydrogen) atoms. The lowest BCUT2D eigenvalue weighted by atomic mass is 10.1. The van der Waals surface area contributed by atoms with Crippen LogP contribution in [-0.4, -0.2) is 37.2 Å². The summed E-state index contributed by atoms with van der Waals surface area (Å²) in [6.07, 6.45) is 3.91. The Kier molecular flexibility index (Phi) is 6.83. The Bertz CT molecular complexity index is 1280. The van der Waals surface area contributed by atoms with Crippen molar-refractivity contribution < 1.29 is 27.4 Å². The zero-order valence-electron chi connectivity index (χ0n) is 18.6. The van der Waals surface area contributed by atoms with Crippen LogP contribution in [0.15, 0.2) is 65.8 Å². The standard InChI is InChI=1S/C25H25FN2O5S/c1-17(26)15-28(34(31,32)22-6-3-11-27-14-22)23-12-20-4-2-5-21(20)13-24(23)33-16-18-7-9-19(10-8-18)25(29)30/h3,6-14,17H,2,4-5,15-16H2,1H3,(H,29,30). The lowest BCUT2D eigenvalue weighted by Crippen LogP contribution is -2.36. The summed E-state index contributed by atoms with van der Waals surface area (Å²) in [4.78, 5) is 15.0. The maximum absolute atomic E-state index is 14.2. The summed E-state index contributed by atoms with van der Waals surface area (Å²) >= 11 is 0. The molecule has 2 aromatic carbocycles. The molecule has 0 bridgehead atoms. The van der Waals surface area contributed by atoms with E-state index < -0.39 is 22.2 Å². The van der Waals surface area contributed by atoms with Crippen molar-refractivity contribution in [2.75, 3.05) is 10.8 Å². The smallest absolute Gasteiger partial charge is 0.335 e. The lowest BCUT2D eigenvalue weighted by molar-refractivity contribution is 0.0696. The van der Waals surface area contributed by atoms with Gasteiger partial charge in [-0.05, 0) is 79.3 Å². The Labute approximate surface area is 197 Å². The Morgan fingerprint density at radius 1 is 1.18 bits per heavy atom. The zero-order valence-corrected chi connectivity index (χ0v) is 19.5. The van der Waals surface area contributed by atoms with Crippen LogP contribution in [-0.2, 0) is 29.5 Å². The first kappa shape index (κ1) is 23.7. The summed E-state index contributed by atoms with van der Waals surface area (Å²) in [7, 11) is -4.10. The predicted molar refractivity (Wildman–Crippen MR) is 126 cm³/mol. The molecule has 1 aromatic heterocycles. The normalized spacial score (nSPS) is 13.8. The predicted octanol–water partition coefficient (Wildman–Crippen LogP) is 4.40. The number of aryl methyl sites for hydroxylation is 2. The van der Waals surface area contributed by atoms with Gasteiger partial charge in [-0.3, -0.25) is 9.29 Å². The van der Waals surface area contributed by atoms with E-state index in [2.05, 4.69) is 4.98 Å². The van der Waals surface area contributed by atoms with E-state index in [1.165, 1.54) is 43.6 Å². The summed E-state index contributed by atoms with van der Waals surface area (Å²) in [5.41, 5.74) is 3.25. The van der Waals surface area contributed by atoms with Crippen LogP contribution in [0.4, 0.5) is 10.1 Å². The van der Waals surface area contributed by atoms with Crippen molar-refractivity contribution in [2.45, 2.75) is 43.9 Å². The van der Waals surface area contributed by atoms with Crippen LogP contribution in [0.2, 0.25) is 0 Å². The van der Waals surface area contributed by atoms with Gasteiger partial charge in [-0.15, -0.1) is 0 Å². The molecular formula is C25H25FN2O5S. The number of aromatic carboxylic acids is 1. The highest BCUT2D eigenvalue weighted by molar-refractivity contribution is 7.92. The number of ether oxygens (including phenoxy) is 1. The molecule has 1 aliphatic carbocycles. The molecule has 1 heterocycles. The first-order valence-corrected chi connectivity index (χ1v) is 12.4. The van der Waals surface area contributed by atoms with Crippen LogP contribution in [0, 0.1) is 0 Å². The topological polar surface area (TPSA) is 96.8 Å². The van der Waals surface area contributed by atoms with Gasteiger partial charge >= 0.3 is 5.97 Å². The van der Waals surface area contributed by atoms with Crippen molar-refractivity contribution in [3.63, 3.8) is 0 Å². The lowest BCUT2D eigenvalue weighted by Gasteiger charge is -2.27. The summed E-state index contributed by atoms with van der Waals surface area (Å²) in [5.74, 6) is -0.693. The second-order valence-corrected chi connectivity index (χ2v) is 10.1. The highest BCUT2D eigenvalue weighted by atomic mass is 32.2. The second kappa shape index (κ2) is 9.80. The van der Waals surface area contributed by atoms with E-state index in [4.69, 9.17) is 9.84 Å². The summed E-state index contributed by atoms with van der Waals surface area (Å²) in [6.45, 7) is 1.03. The fourth-order valence-corrected chi connectivity index (χ4v) is 5.49. The van der Waals surface area contributed by atoms with E-state index in [1.54, 1.807) is 18.2 Å². The molecule has 178 valence electrons. The third-order valence-corrected chi connectivity index (χ3v) is 7.44. The van der Waals surface area contributed by atoms with E-state index in [0.717, 1.165) is 40.3 Å². The number of carboxylic acid groups (broad SMARTS) is 1. The quantitative estimate of drug-likeness (QED) is 0.484. The molecule has 1 aliphatic rings. The van der Waals surface area contributed by atoms with E-state index in [9.17, 15) is 17.6 Å². The number of sulfonamides is 1. The number of hydrogen-bond acceptors (Lipinski definition) is 5. The molecule has 1 N–H and O–H groups in total. The van der Waals surface area contributed by atoms with Crippen LogP contribution >= 0.6 is 0 Å². The Hall–Kier alpha value is -3.46. The first-order valence-electron chi connectivity index (χ1n) is 10.9. The van der Waals surface area contributed by atoms with Gasteiger partial charge in [-0.25, -0.2) is 17.6 Å². The van der Waals surface area contributed by atoms with Gasteiger partial charge in [0.1, 0.15) is 23.4 Å². The molecule has 9 heteroatoms. The molecule has 0 spiro atoms. The second-order valence-electron chi connectivity index (χ2n) is 8.24. The fraction of sp³-hybridized carbons (Fsp3) is 0.280. The minimum absolute atomic E-state index is 0.0358. The van der Waals surface area contributed by atoms with Crippen LogP contribution in [0.25, 0.3) is 0 Å². The summed E-state index contributed by atoms with van der Waals surface area (Å²) < 4.78 is 48.3. The number of fused-ring (bicyclic) bond motifs is 1. The molecule has 1 unspecified atom stereocenters. The molecular weight excluding hydrogens is 459 g/mol. The number of hydrogen-bond donors (Lipinski definition) is 1. The highest BCUT2D eigenvalue weighted by Gasteiger charge is 2.30. The van der Waals surface area contributed by atoms with Gasteiger partial charge in [0, 0.05) is 12.4 Å². The third-order valence-electron chi connectivity index (χ3n) is 5.68. The van der Waals surface area contributed by atoms with Crippen molar-refractivity contribution in [1.82, 2.24) is 4.98 Å². The van der Waals surface area contributed by atoms with Crippen LogP contribution < -0.4 is 9.04 Å². The third kappa shape index (κ3) is 5.04. The number of halogens is 1. The Balaban J connectivity index is 1.73. The number of carboxylic acids is 1. The number of carbonyl (C=O) groups is 1. The van der Waals surface area contributed by atoms with Gasteiger partial charge in [0.15, 0.2) is 0 Å². The van der Waals surface area contributed by atoms with Gasteiger partial charge in [-0.1, -0.05) is 12.1 Å². The van der Waals surface area contributed by atoms with E-state index >= 15 is 0 Å². The SMILES string of the molecule is CC(F)CN(c1cc2c(cc1OCc1ccc(C(=O)O)cc1)CCC2)S(=O)(=O)c1cccnc1. The highest BCUT2D eigenvalue weighted by Crippen LogP contribution is 2.39. The van der Waals surface area contributed by atoms with E-state index in [1.807, 2.05) is 6.07 Å². The number of aromatic nitrogens is 1. The van der Waals surface area contributed by atoms with Crippen molar-refractivity contribution >= 4 is 21.7 Å². The molecule has 0 fully saturated rings.